The summed E-state index contributed by atoms with van der Waals surface area (Å²) in [4.78, 5) is 19.4. The van der Waals surface area contributed by atoms with E-state index in [0.29, 0.717) is 18.0 Å². The van der Waals surface area contributed by atoms with Gasteiger partial charge in [-0.1, -0.05) is 26.0 Å². The molecule has 1 aromatic heterocycles. The summed E-state index contributed by atoms with van der Waals surface area (Å²) in [6, 6.07) is 8.01. The van der Waals surface area contributed by atoms with E-state index in [1.807, 2.05) is 24.3 Å². The van der Waals surface area contributed by atoms with E-state index in [1.54, 1.807) is 0 Å². The van der Waals surface area contributed by atoms with Gasteiger partial charge in [0.05, 0.1) is 17.4 Å². The van der Waals surface area contributed by atoms with Crippen LogP contribution in [0.1, 0.15) is 38.9 Å². The molecule has 1 saturated carbocycles. The van der Waals surface area contributed by atoms with E-state index in [2.05, 4.69) is 29.1 Å². The standard InChI is InChI=1S/C17H23N3O/c1-11-7-8-13(9-12(11)2)18-10-16-19-15-6-4-3-5-14(15)17(21)20-16/h3-6,11-13,18H,7-10H2,1-2H3,(H,19,20,21). The van der Waals surface area contributed by atoms with E-state index >= 15 is 0 Å². The van der Waals surface area contributed by atoms with Crippen molar-refractivity contribution in [3.05, 3.63) is 40.4 Å². The Morgan fingerprint density at radius 2 is 2.05 bits per heavy atom. The quantitative estimate of drug-likeness (QED) is 0.911. The number of rotatable bonds is 3. The predicted octanol–water partition coefficient (Wildman–Crippen LogP) is 2.84. The van der Waals surface area contributed by atoms with Gasteiger partial charge in [0.1, 0.15) is 5.82 Å². The maximum atomic E-state index is 12.0. The van der Waals surface area contributed by atoms with Gasteiger partial charge in [-0.3, -0.25) is 4.79 Å². The fourth-order valence-corrected chi connectivity index (χ4v) is 3.19. The van der Waals surface area contributed by atoms with Gasteiger partial charge in [0.2, 0.25) is 0 Å². The molecule has 3 unspecified atom stereocenters. The van der Waals surface area contributed by atoms with Crippen LogP contribution >= 0.6 is 0 Å². The van der Waals surface area contributed by atoms with Crippen molar-refractivity contribution in [2.45, 2.75) is 45.7 Å². The summed E-state index contributed by atoms with van der Waals surface area (Å²) in [5.41, 5.74) is 0.715. The second-order valence-corrected chi connectivity index (χ2v) is 6.38. The summed E-state index contributed by atoms with van der Waals surface area (Å²) < 4.78 is 0. The first-order valence-electron chi connectivity index (χ1n) is 7.85. The number of hydrogen-bond acceptors (Lipinski definition) is 3. The van der Waals surface area contributed by atoms with Gasteiger partial charge in [0.25, 0.3) is 5.56 Å². The molecule has 0 radical (unpaired) electrons. The van der Waals surface area contributed by atoms with Gasteiger partial charge in [-0.05, 0) is 43.2 Å². The monoisotopic (exact) mass is 285 g/mol. The van der Waals surface area contributed by atoms with E-state index < -0.39 is 0 Å². The third kappa shape index (κ3) is 3.16. The molecule has 0 amide bonds. The molecule has 1 aliphatic rings. The maximum Gasteiger partial charge on any atom is 0.258 e. The molecule has 0 aliphatic heterocycles. The molecule has 2 N–H and O–H groups in total. The molecule has 0 spiro atoms. The first-order chi connectivity index (χ1) is 10.1. The average Bonchev–Trinajstić information content (AvgIpc) is 2.49. The van der Waals surface area contributed by atoms with Crippen LogP contribution in [0.15, 0.2) is 29.1 Å². The Hall–Kier alpha value is -1.68. The van der Waals surface area contributed by atoms with Crippen LogP contribution in [0.2, 0.25) is 0 Å². The predicted molar refractivity (Wildman–Crippen MR) is 85.2 cm³/mol. The second kappa shape index (κ2) is 5.98. The smallest absolute Gasteiger partial charge is 0.258 e. The van der Waals surface area contributed by atoms with E-state index in [9.17, 15) is 4.79 Å². The lowest BCUT2D eigenvalue weighted by Crippen LogP contribution is -2.36. The van der Waals surface area contributed by atoms with Gasteiger partial charge >= 0.3 is 0 Å². The number of nitrogens with one attached hydrogen (secondary N) is 2. The Bertz CT molecular complexity index is 679. The zero-order valence-electron chi connectivity index (χ0n) is 12.7. The fraction of sp³-hybridized carbons (Fsp3) is 0.529. The minimum absolute atomic E-state index is 0.0527. The van der Waals surface area contributed by atoms with Gasteiger partial charge in [0.15, 0.2) is 0 Å². The molecule has 112 valence electrons. The molecular formula is C17H23N3O. The molecular weight excluding hydrogens is 262 g/mol. The molecule has 2 aromatic rings. The van der Waals surface area contributed by atoms with E-state index in [-0.39, 0.29) is 5.56 Å². The summed E-state index contributed by atoms with van der Waals surface area (Å²) in [6.07, 6.45) is 3.70. The van der Waals surface area contributed by atoms with Gasteiger partial charge in [-0.25, -0.2) is 4.98 Å². The first-order valence-corrected chi connectivity index (χ1v) is 7.85. The number of H-pyrrole nitrogens is 1. The van der Waals surface area contributed by atoms with Crippen LogP contribution in [-0.2, 0) is 6.54 Å². The summed E-state index contributed by atoms with van der Waals surface area (Å²) in [5, 5.41) is 4.20. The highest BCUT2D eigenvalue weighted by atomic mass is 16.1. The van der Waals surface area contributed by atoms with Gasteiger partial charge < -0.3 is 10.3 Å². The molecule has 21 heavy (non-hydrogen) atoms. The van der Waals surface area contributed by atoms with E-state index in [1.165, 1.54) is 19.3 Å². The zero-order chi connectivity index (χ0) is 14.8. The Labute approximate surface area is 125 Å². The second-order valence-electron chi connectivity index (χ2n) is 6.38. The van der Waals surface area contributed by atoms with Crippen LogP contribution < -0.4 is 10.9 Å². The number of aromatic nitrogens is 2. The Morgan fingerprint density at radius 1 is 1.24 bits per heavy atom. The van der Waals surface area contributed by atoms with Crippen LogP contribution in [-0.4, -0.2) is 16.0 Å². The van der Waals surface area contributed by atoms with Crippen molar-refractivity contribution in [3.8, 4) is 0 Å². The Kier molecular flexibility index (Phi) is 4.06. The SMILES string of the molecule is CC1CCC(NCc2nc3ccccc3c(=O)[nH]2)CC1C. The molecule has 4 nitrogen and oxygen atoms in total. The third-order valence-corrected chi connectivity index (χ3v) is 4.82. The fourth-order valence-electron chi connectivity index (χ4n) is 3.19. The molecule has 3 rings (SSSR count). The van der Waals surface area contributed by atoms with Gasteiger partial charge in [0, 0.05) is 6.04 Å². The van der Waals surface area contributed by atoms with Crippen molar-refractivity contribution < 1.29 is 0 Å². The topological polar surface area (TPSA) is 57.8 Å². The van der Waals surface area contributed by atoms with Crippen molar-refractivity contribution in [2.75, 3.05) is 0 Å². The lowest BCUT2D eigenvalue weighted by molar-refractivity contribution is 0.225. The lowest BCUT2D eigenvalue weighted by Gasteiger charge is -2.32. The van der Waals surface area contributed by atoms with Crippen LogP contribution in [0.3, 0.4) is 0 Å². The van der Waals surface area contributed by atoms with E-state index in [4.69, 9.17) is 0 Å². The average molecular weight is 285 g/mol. The van der Waals surface area contributed by atoms with Crippen molar-refractivity contribution in [1.29, 1.82) is 0 Å². The van der Waals surface area contributed by atoms with Crippen LogP contribution in [0, 0.1) is 11.8 Å². The van der Waals surface area contributed by atoms with Gasteiger partial charge in [-0.2, -0.15) is 0 Å². The minimum Gasteiger partial charge on any atom is -0.309 e. The van der Waals surface area contributed by atoms with Crippen molar-refractivity contribution >= 4 is 10.9 Å². The maximum absolute atomic E-state index is 12.0. The highest BCUT2D eigenvalue weighted by Crippen LogP contribution is 2.29. The minimum atomic E-state index is -0.0527. The highest BCUT2D eigenvalue weighted by molar-refractivity contribution is 5.77. The molecule has 1 aromatic carbocycles. The lowest BCUT2D eigenvalue weighted by atomic mass is 9.79. The van der Waals surface area contributed by atoms with Crippen molar-refractivity contribution in [3.63, 3.8) is 0 Å². The molecule has 0 saturated heterocycles. The van der Waals surface area contributed by atoms with Crippen molar-refractivity contribution in [2.24, 2.45) is 11.8 Å². The molecule has 4 heteroatoms. The van der Waals surface area contributed by atoms with Crippen LogP contribution in [0.25, 0.3) is 10.9 Å². The van der Waals surface area contributed by atoms with Crippen molar-refractivity contribution in [1.82, 2.24) is 15.3 Å². The molecule has 3 atom stereocenters. The zero-order valence-corrected chi connectivity index (χ0v) is 12.7. The summed E-state index contributed by atoms with van der Waals surface area (Å²) >= 11 is 0. The molecule has 1 aliphatic carbocycles. The van der Waals surface area contributed by atoms with E-state index in [0.717, 1.165) is 23.2 Å². The normalized spacial score (nSPS) is 26.1. The molecule has 1 fully saturated rings. The Balaban J connectivity index is 1.70. The summed E-state index contributed by atoms with van der Waals surface area (Å²) in [6.45, 7) is 5.30. The number of aromatic amines is 1. The van der Waals surface area contributed by atoms with Gasteiger partial charge in [-0.15, -0.1) is 0 Å². The largest absolute Gasteiger partial charge is 0.309 e. The summed E-state index contributed by atoms with van der Waals surface area (Å²) in [7, 11) is 0. The van der Waals surface area contributed by atoms with Crippen LogP contribution in [0.4, 0.5) is 0 Å². The van der Waals surface area contributed by atoms with Crippen LogP contribution in [0.5, 0.6) is 0 Å². The molecule has 0 bridgehead atoms. The number of fused-ring (bicyclic) bond motifs is 1. The first kappa shape index (κ1) is 14.3. The number of hydrogen-bond donors (Lipinski definition) is 2. The summed E-state index contributed by atoms with van der Waals surface area (Å²) in [5.74, 6) is 2.31. The Morgan fingerprint density at radius 3 is 2.86 bits per heavy atom. The highest BCUT2D eigenvalue weighted by Gasteiger charge is 2.24. The molecule has 1 heterocycles. The number of nitrogens with zero attached hydrogens (tertiary/aromatic N) is 1. The third-order valence-electron chi connectivity index (χ3n) is 4.82. The number of benzene rings is 1. The number of para-hydroxylation sites is 1.